The van der Waals surface area contributed by atoms with Gasteiger partial charge in [-0.05, 0) is 12.8 Å². The Bertz CT molecular complexity index is 348. The summed E-state index contributed by atoms with van der Waals surface area (Å²) in [6, 6.07) is 0.558. The van der Waals surface area contributed by atoms with E-state index in [-0.39, 0.29) is 6.61 Å². The minimum Gasteiger partial charge on any atom is -0.395 e. The molecule has 0 spiro atoms. The van der Waals surface area contributed by atoms with Crippen molar-refractivity contribution < 1.29 is 9.63 Å². The highest BCUT2D eigenvalue weighted by Crippen LogP contribution is 2.23. The number of hydrogen-bond donors (Lipinski definition) is 1. The van der Waals surface area contributed by atoms with Crippen molar-refractivity contribution in [3.8, 4) is 0 Å². The molecule has 0 amide bonds. The van der Waals surface area contributed by atoms with E-state index in [9.17, 15) is 5.11 Å². The van der Waals surface area contributed by atoms with Crippen molar-refractivity contribution in [2.75, 3.05) is 13.2 Å². The number of aliphatic hydroxyl groups excluding tert-OH is 1. The molecule has 0 bridgehead atoms. The van der Waals surface area contributed by atoms with E-state index in [1.54, 1.807) is 0 Å². The van der Waals surface area contributed by atoms with Gasteiger partial charge in [0.25, 0.3) is 0 Å². The largest absolute Gasteiger partial charge is 0.395 e. The van der Waals surface area contributed by atoms with Crippen molar-refractivity contribution >= 4 is 0 Å². The summed E-state index contributed by atoms with van der Waals surface area (Å²) in [4.78, 5) is 6.63. The molecule has 1 fully saturated rings. The molecule has 1 saturated carbocycles. The Hall–Kier alpha value is -0.940. The average Bonchev–Trinajstić information content (AvgIpc) is 2.87. The fourth-order valence-corrected chi connectivity index (χ4v) is 2.64. The van der Waals surface area contributed by atoms with Crippen molar-refractivity contribution in [1.82, 2.24) is 15.0 Å². The van der Waals surface area contributed by atoms with Gasteiger partial charge < -0.3 is 9.63 Å². The summed E-state index contributed by atoms with van der Waals surface area (Å²) >= 11 is 0. The van der Waals surface area contributed by atoms with Crippen LogP contribution in [0.15, 0.2) is 4.52 Å². The highest BCUT2D eigenvalue weighted by molar-refractivity contribution is 4.87. The number of aryl methyl sites for hydroxylation is 1. The lowest BCUT2D eigenvalue weighted by molar-refractivity contribution is 0.105. The Morgan fingerprint density at radius 3 is 2.72 bits per heavy atom. The number of hydrogen-bond acceptors (Lipinski definition) is 5. The van der Waals surface area contributed by atoms with E-state index >= 15 is 0 Å². The molecule has 0 unspecified atom stereocenters. The first-order valence-corrected chi connectivity index (χ1v) is 7.00. The number of nitrogens with zero attached hydrogens (tertiary/aromatic N) is 3. The van der Waals surface area contributed by atoms with Crippen LogP contribution in [-0.4, -0.2) is 39.3 Å². The average molecular weight is 253 g/mol. The minimum atomic E-state index is 0.186. The van der Waals surface area contributed by atoms with Gasteiger partial charge in [-0.2, -0.15) is 4.98 Å². The summed E-state index contributed by atoms with van der Waals surface area (Å²) < 4.78 is 5.24. The van der Waals surface area contributed by atoms with Crippen molar-refractivity contribution in [2.24, 2.45) is 0 Å². The van der Waals surface area contributed by atoms with Crippen LogP contribution >= 0.6 is 0 Å². The standard InChI is InChI=1S/C13H23N3O2/c1-2-12-14-13(18-15-12)10-16(8-9-17)11-6-4-3-5-7-11/h11,17H,2-10H2,1H3. The smallest absolute Gasteiger partial charge is 0.240 e. The van der Waals surface area contributed by atoms with Crippen LogP contribution in [0.1, 0.15) is 50.7 Å². The van der Waals surface area contributed by atoms with Crippen molar-refractivity contribution in [1.29, 1.82) is 0 Å². The molecule has 1 heterocycles. The third-order valence-corrected chi connectivity index (χ3v) is 3.64. The first-order valence-electron chi connectivity index (χ1n) is 7.00. The van der Waals surface area contributed by atoms with Gasteiger partial charge in [0, 0.05) is 19.0 Å². The zero-order valence-corrected chi connectivity index (χ0v) is 11.1. The molecule has 1 N–H and O–H groups in total. The second kappa shape index (κ2) is 6.85. The molecule has 0 saturated heterocycles. The highest BCUT2D eigenvalue weighted by Gasteiger charge is 2.22. The molecule has 102 valence electrons. The van der Waals surface area contributed by atoms with Crippen molar-refractivity contribution in [2.45, 2.75) is 58.0 Å². The Labute approximate surface area is 108 Å². The predicted octanol–water partition coefficient (Wildman–Crippen LogP) is 1.76. The molecular formula is C13H23N3O2. The van der Waals surface area contributed by atoms with Crippen molar-refractivity contribution in [3.05, 3.63) is 11.7 Å². The molecule has 5 nitrogen and oxygen atoms in total. The summed E-state index contributed by atoms with van der Waals surface area (Å²) in [5, 5.41) is 13.1. The summed E-state index contributed by atoms with van der Waals surface area (Å²) in [7, 11) is 0. The van der Waals surface area contributed by atoms with E-state index in [0.29, 0.717) is 25.0 Å². The molecule has 1 aromatic rings. The van der Waals surface area contributed by atoms with E-state index in [1.807, 2.05) is 6.92 Å². The van der Waals surface area contributed by atoms with Gasteiger partial charge >= 0.3 is 0 Å². The van der Waals surface area contributed by atoms with Crippen LogP contribution in [0.5, 0.6) is 0 Å². The molecule has 0 aliphatic heterocycles. The molecule has 1 aliphatic rings. The topological polar surface area (TPSA) is 62.4 Å². The SMILES string of the molecule is CCc1noc(CN(CCO)C2CCCCC2)n1. The number of aliphatic hydroxyl groups is 1. The van der Waals surface area contributed by atoms with Gasteiger partial charge in [-0.1, -0.05) is 31.3 Å². The van der Waals surface area contributed by atoms with Gasteiger partial charge in [-0.25, -0.2) is 0 Å². The molecule has 18 heavy (non-hydrogen) atoms. The van der Waals surface area contributed by atoms with Crippen LogP contribution in [0.25, 0.3) is 0 Å². The third kappa shape index (κ3) is 3.53. The van der Waals surface area contributed by atoms with Crippen LogP contribution < -0.4 is 0 Å². The van der Waals surface area contributed by atoms with Gasteiger partial charge in [-0.3, -0.25) is 4.90 Å². The Morgan fingerprint density at radius 2 is 2.11 bits per heavy atom. The lowest BCUT2D eigenvalue weighted by atomic mass is 9.94. The quantitative estimate of drug-likeness (QED) is 0.837. The van der Waals surface area contributed by atoms with Crippen LogP contribution in [0.3, 0.4) is 0 Å². The van der Waals surface area contributed by atoms with Crippen molar-refractivity contribution in [3.63, 3.8) is 0 Å². The maximum absolute atomic E-state index is 9.19. The molecular weight excluding hydrogens is 230 g/mol. The van der Waals surface area contributed by atoms with Gasteiger partial charge in [-0.15, -0.1) is 0 Å². The highest BCUT2D eigenvalue weighted by atomic mass is 16.5. The molecule has 5 heteroatoms. The Kier molecular flexibility index (Phi) is 5.13. The van der Waals surface area contributed by atoms with Crippen LogP contribution in [0.2, 0.25) is 0 Å². The van der Waals surface area contributed by atoms with E-state index in [0.717, 1.165) is 12.2 Å². The second-order valence-corrected chi connectivity index (χ2v) is 4.94. The van der Waals surface area contributed by atoms with Crippen LogP contribution in [0, 0.1) is 0 Å². The summed E-state index contributed by atoms with van der Waals surface area (Å²) in [5.74, 6) is 1.43. The molecule has 0 atom stereocenters. The Morgan fingerprint density at radius 1 is 1.33 bits per heavy atom. The van der Waals surface area contributed by atoms with Crippen LogP contribution in [0.4, 0.5) is 0 Å². The monoisotopic (exact) mass is 253 g/mol. The van der Waals surface area contributed by atoms with Gasteiger partial charge in [0.1, 0.15) is 0 Å². The number of rotatable bonds is 6. The normalized spacial score (nSPS) is 17.5. The number of aromatic nitrogens is 2. The zero-order valence-electron chi connectivity index (χ0n) is 11.1. The van der Waals surface area contributed by atoms with E-state index in [2.05, 4.69) is 15.0 Å². The van der Waals surface area contributed by atoms with E-state index < -0.39 is 0 Å². The van der Waals surface area contributed by atoms with E-state index in [4.69, 9.17) is 4.52 Å². The summed E-state index contributed by atoms with van der Waals surface area (Å²) in [5.41, 5.74) is 0. The first-order chi connectivity index (χ1) is 8.83. The van der Waals surface area contributed by atoms with Gasteiger partial charge in [0.05, 0.1) is 13.2 Å². The molecule has 1 aliphatic carbocycles. The maximum atomic E-state index is 9.19. The van der Waals surface area contributed by atoms with Gasteiger partial charge in [0.2, 0.25) is 5.89 Å². The Balaban J connectivity index is 1.95. The van der Waals surface area contributed by atoms with Crippen LogP contribution in [-0.2, 0) is 13.0 Å². The second-order valence-electron chi connectivity index (χ2n) is 4.94. The maximum Gasteiger partial charge on any atom is 0.240 e. The third-order valence-electron chi connectivity index (χ3n) is 3.64. The predicted molar refractivity (Wildman–Crippen MR) is 68.0 cm³/mol. The molecule has 2 rings (SSSR count). The first kappa shape index (κ1) is 13.5. The van der Waals surface area contributed by atoms with Gasteiger partial charge in [0.15, 0.2) is 5.82 Å². The summed E-state index contributed by atoms with van der Waals surface area (Å²) in [6.07, 6.45) is 7.15. The molecule has 1 aromatic heterocycles. The lowest BCUT2D eigenvalue weighted by Gasteiger charge is -2.32. The minimum absolute atomic E-state index is 0.186. The van der Waals surface area contributed by atoms with E-state index in [1.165, 1.54) is 32.1 Å². The lowest BCUT2D eigenvalue weighted by Crippen LogP contribution is -2.38. The fraction of sp³-hybridized carbons (Fsp3) is 0.846. The molecule has 0 radical (unpaired) electrons. The molecule has 0 aromatic carbocycles. The fourth-order valence-electron chi connectivity index (χ4n) is 2.64. The summed E-state index contributed by atoms with van der Waals surface area (Å²) in [6.45, 7) is 3.55. The zero-order chi connectivity index (χ0) is 12.8.